The fraction of sp³-hybridized carbons (Fsp3) is 0.261. The van der Waals surface area contributed by atoms with Crippen LogP contribution in [0.25, 0.3) is 11.5 Å². The van der Waals surface area contributed by atoms with Crippen molar-refractivity contribution in [1.29, 1.82) is 0 Å². The van der Waals surface area contributed by atoms with Gasteiger partial charge in [0.05, 0.1) is 24.2 Å². The number of halogens is 6. The van der Waals surface area contributed by atoms with Crippen molar-refractivity contribution in [3.8, 4) is 11.5 Å². The van der Waals surface area contributed by atoms with Gasteiger partial charge in [-0.1, -0.05) is 17.3 Å². The Labute approximate surface area is 199 Å². The zero-order valence-electron chi connectivity index (χ0n) is 18.5. The summed E-state index contributed by atoms with van der Waals surface area (Å²) in [6, 6.07) is 5.75. The average Bonchev–Trinajstić information content (AvgIpc) is 3.64. The van der Waals surface area contributed by atoms with E-state index in [9.17, 15) is 31.1 Å². The standard InChI is InChI=1S/C23H18F6N4O3/c1-13(16-5-4-14(22(26,27)11-24)7-17(16)23(28,29)12-25)33-10-15(9-30-33)31-21(34)18-8-20(36-32-18)19-3-2-6-35-19/h2-10,13H,11-12H2,1H3,(H,31,34)/t13-/m1/s1. The fourth-order valence-corrected chi connectivity index (χ4v) is 3.48. The number of rotatable bonds is 9. The van der Waals surface area contributed by atoms with Crippen molar-refractivity contribution in [3.05, 3.63) is 77.4 Å². The second-order valence-electron chi connectivity index (χ2n) is 7.87. The highest BCUT2D eigenvalue weighted by molar-refractivity contribution is 6.03. The van der Waals surface area contributed by atoms with Crippen LogP contribution in [0.15, 0.2) is 64.0 Å². The molecule has 0 aliphatic carbocycles. The number of nitrogens with zero attached hydrogens (tertiary/aromatic N) is 3. The summed E-state index contributed by atoms with van der Waals surface area (Å²) in [5, 5.41) is 10.2. The van der Waals surface area contributed by atoms with Gasteiger partial charge in [-0.3, -0.25) is 9.48 Å². The van der Waals surface area contributed by atoms with Gasteiger partial charge >= 0.3 is 11.8 Å². The summed E-state index contributed by atoms with van der Waals surface area (Å²) in [7, 11) is 0. The quantitative estimate of drug-likeness (QED) is 0.273. The molecule has 1 N–H and O–H groups in total. The third kappa shape index (κ3) is 4.86. The molecule has 0 radical (unpaired) electrons. The first-order chi connectivity index (χ1) is 17.1. The van der Waals surface area contributed by atoms with Gasteiger partial charge in [0.25, 0.3) is 5.91 Å². The molecular weight excluding hydrogens is 494 g/mol. The number of aromatic nitrogens is 3. The van der Waals surface area contributed by atoms with E-state index in [0.29, 0.717) is 11.8 Å². The molecule has 1 atom stereocenters. The Morgan fingerprint density at radius 2 is 1.83 bits per heavy atom. The number of carbonyl (C=O) groups excluding carboxylic acids is 1. The van der Waals surface area contributed by atoms with Gasteiger partial charge in [-0.15, -0.1) is 0 Å². The molecule has 4 rings (SSSR count). The van der Waals surface area contributed by atoms with Crippen molar-refractivity contribution < 1.29 is 40.1 Å². The van der Waals surface area contributed by atoms with E-state index in [1.54, 1.807) is 12.1 Å². The average molecular weight is 512 g/mol. The Morgan fingerprint density at radius 1 is 1.08 bits per heavy atom. The van der Waals surface area contributed by atoms with Crippen LogP contribution in [0.4, 0.5) is 32.0 Å². The van der Waals surface area contributed by atoms with Crippen LogP contribution in [0.3, 0.4) is 0 Å². The van der Waals surface area contributed by atoms with Crippen LogP contribution in [-0.2, 0) is 11.8 Å². The number of anilines is 1. The van der Waals surface area contributed by atoms with E-state index in [0.717, 1.165) is 12.1 Å². The smallest absolute Gasteiger partial charge is 0.301 e. The summed E-state index contributed by atoms with van der Waals surface area (Å²) < 4.78 is 93.4. The van der Waals surface area contributed by atoms with Gasteiger partial charge in [0, 0.05) is 23.4 Å². The van der Waals surface area contributed by atoms with Gasteiger partial charge in [0.2, 0.25) is 5.76 Å². The Kier molecular flexibility index (Phi) is 6.65. The lowest BCUT2D eigenvalue weighted by atomic mass is 9.93. The minimum absolute atomic E-state index is 0.0727. The lowest BCUT2D eigenvalue weighted by Gasteiger charge is -2.24. The molecule has 4 aromatic rings. The molecule has 0 aliphatic heterocycles. The summed E-state index contributed by atoms with van der Waals surface area (Å²) in [5.74, 6) is -8.19. The molecule has 190 valence electrons. The van der Waals surface area contributed by atoms with Crippen LogP contribution >= 0.6 is 0 Å². The molecule has 1 aromatic carbocycles. The molecule has 13 heteroatoms. The van der Waals surface area contributed by atoms with Crippen LogP contribution in [0, 0.1) is 0 Å². The van der Waals surface area contributed by atoms with E-state index in [1.165, 1.54) is 36.3 Å². The number of hydrogen-bond acceptors (Lipinski definition) is 5. The summed E-state index contributed by atoms with van der Waals surface area (Å²) in [6.07, 6.45) is 3.94. The number of hydrogen-bond donors (Lipinski definition) is 1. The molecule has 3 heterocycles. The van der Waals surface area contributed by atoms with Crippen molar-refractivity contribution in [2.45, 2.75) is 24.8 Å². The van der Waals surface area contributed by atoms with Crippen molar-refractivity contribution in [2.24, 2.45) is 0 Å². The number of nitrogens with one attached hydrogen (secondary N) is 1. The fourth-order valence-electron chi connectivity index (χ4n) is 3.48. The number of alkyl halides is 6. The molecule has 1 amide bonds. The van der Waals surface area contributed by atoms with Crippen molar-refractivity contribution in [2.75, 3.05) is 18.7 Å². The number of amides is 1. The summed E-state index contributed by atoms with van der Waals surface area (Å²) in [4.78, 5) is 12.5. The second-order valence-corrected chi connectivity index (χ2v) is 7.87. The van der Waals surface area contributed by atoms with E-state index >= 15 is 0 Å². The topological polar surface area (TPSA) is 86.1 Å². The maximum atomic E-state index is 14.3. The lowest BCUT2D eigenvalue weighted by Crippen LogP contribution is -2.24. The number of benzene rings is 1. The molecule has 0 aliphatic rings. The molecular formula is C23H18F6N4O3. The lowest BCUT2D eigenvalue weighted by molar-refractivity contribution is -0.0352. The third-order valence-corrected chi connectivity index (χ3v) is 5.42. The van der Waals surface area contributed by atoms with Crippen LogP contribution < -0.4 is 5.32 Å². The van der Waals surface area contributed by atoms with Crippen LogP contribution in [-0.4, -0.2) is 34.2 Å². The summed E-state index contributed by atoms with van der Waals surface area (Å²) >= 11 is 0. The molecule has 0 saturated heterocycles. The molecule has 3 aromatic heterocycles. The van der Waals surface area contributed by atoms with Crippen molar-refractivity contribution in [3.63, 3.8) is 0 Å². The van der Waals surface area contributed by atoms with Gasteiger partial charge in [-0.2, -0.15) is 22.7 Å². The molecule has 0 unspecified atom stereocenters. The second kappa shape index (κ2) is 9.55. The highest BCUT2D eigenvalue weighted by Gasteiger charge is 2.39. The molecule has 0 spiro atoms. The molecule has 0 bridgehead atoms. The molecule has 0 fully saturated rings. The first kappa shape index (κ1) is 25.1. The maximum Gasteiger partial charge on any atom is 0.301 e. The van der Waals surface area contributed by atoms with Crippen LogP contribution in [0.5, 0.6) is 0 Å². The van der Waals surface area contributed by atoms with Gasteiger partial charge in [0.1, 0.15) is 0 Å². The van der Waals surface area contributed by atoms with Crippen LogP contribution in [0.2, 0.25) is 0 Å². The number of carbonyl (C=O) groups is 1. The minimum atomic E-state index is -4.10. The van der Waals surface area contributed by atoms with Crippen molar-refractivity contribution >= 4 is 11.6 Å². The first-order valence-electron chi connectivity index (χ1n) is 10.4. The minimum Gasteiger partial charge on any atom is -0.461 e. The maximum absolute atomic E-state index is 14.3. The van der Waals surface area contributed by atoms with E-state index in [4.69, 9.17) is 8.94 Å². The SMILES string of the molecule is C[C@H](c1ccc(C(F)(F)CF)cc1C(F)(F)CF)n1cc(NC(=O)c2cc(-c3ccco3)on2)cn1. The highest BCUT2D eigenvalue weighted by Crippen LogP contribution is 2.39. The Hall–Kier alpha value is -4.03. The predicted molar refractivity (Wildman–Crippen MR) is 114 cm³/mol. The summed E-state index contributed by atoms with van der Waals surface area (Å²) in [6.45, 7) is -2.82. The summed E-state index contributed by atoms with van der Waals surface area (Å²) in [5.41, 5.74) is -2.14. The number of furan rings is 1. The molecule has 0 saturated carbocycles. The highest BCUT2D eigenvalue weighted by atomic mass is 19.3. The van der Waals surface area contributed by atoms with Crippen LogP contribution in [0.1, 0.15) is 40.1 Å². The predicted octanol–water partition coefficient (Wildman–Crippen LogP) is 6.12. The monoisotopic (exact) mass is 512 g/mol. The largest absolute Gasteiger partial charge is 0.461 e. The van der Waals surface area contributed by atoms with E-state index < -0.39 is 48.3 Å². The zero-order chi connectivity index (χ0) is 26.1. The Balaban J connectivity index is 1.57. The van der Waals surface area contributed by atoms with E-state index in [1.807, 2.05) is 0 Å². The Morgan fingerprint density at radius 3 is 2.50 bits per heavy atom. The van der Waals surface area contributed by atoms with Gasteiger partial charge < -0.3 is 14.3 Å². The van der Waals surface area contributed by atoms with Gasteiger partial charge in [0.15, 0.2) is 24.8 Å². The first-order valence-corrected chi connectivity index (χ1v) is 10.4. The Bertz CT molecular complexity index is 1350. The van der Waals surface area contributed by atoms with E-state index in [2.05, 4.69) is 15.6 Å². The molecule has 36 heavy (non-hydrogen) atoms. The molecule has 7 nitrogen and oxygen atoms in total. The van der Waals surface area contributed by atoms with Gasteiger partial charge in [-0.05, 0) is 30.7 Å². The zero-order valence-corrected chi connectivity index (χ0v) is 18.5. The van der Waals surface area contributed by atoms with Gasteiger partial charge in [-0.25, -0.2) is 8.78 Å². The van der Waals surface area contributed by atoms with E-state index in [-0.39, 0.29) is 22.7 Å². The van der Waals surface area contributed by atoms with Crippen molar-refractivity contribution in [1.82, 2.24) is 14.9 Å². The third-order valence-electron chi connectivity index (χ3n) is 5.42. The normalized spacial score (nSPS) is 13.1.